The zero-order chi connectivity index (χ0) is 22.8. The summed E-state index contributed by atoms with van der Waals surface area (Å²) in [5.41, 5.74) is 0. The van der Waals surface area contributed by atoms with Gasteiger partial charge in [-0.25, -0.2) is 4.79 Å². The van der Waals surface area contributed by atoms with Crippen LogP contribution in [0.25, 0.3) is 0 Å². The van der Waals surface area contributed by atoms with Gasteiger partial charge in [-0.15, -0.1) is 0 Å². The van der Waals surface area contributed by atoms with Crippen LogP contribution in [0.5, 0.6) is 0 Å². The first-order valence-electron chi connectivity index (χ1n) is 13.8. The van der Waals surface area contributed by atoms with Gasteiger partial charge in [0, 0.05) is 13.1 Å². The van der Waals surface area contributed by atoms with E-state index in [1.54, 1.807) is 4.90 Å². The third-order valence-electron chi connectivity index (χ3n) is 6.24. The fourth-order valence-electron chi connectivity index (χ4n) is 4.11. The van der Waals surface area contributed by atoms with Crippen LogP contribution < -0.4 is 0 Å². The molecule has 1 N–H and O–H groups in total. The number of allylic oxidation sites excluding steroid dienone is 2. The van der Waals surface area contributed by atoms with Crippen LogP contribution in [0.2, 0.25) is 0 Å². The van der Waals surface area contributed by atoms with Gasteiger partial charge < -0.3 is 10.0 Å². The quantitative estimate of drug-likeness (QED) is 0.120. The van der Waals surface area contributed by atoms with Crippen molar-refractivity contribution in [1.82, 2.24) is 4.90 Å². The molecule has 0 rings (SSSR count). The van der Waals surface area contributed by atoms with Gasteiger partial charge in [-0.1, -0.05) is 122 Å². The number of rotatable bonds is 24. The Bertz CT molecular complexity index is 394. The van der Waals surface area contributed by atoms with E-state index in [-0.39, 0.29) is 0 Å². The number of hydrogen-bond acceptors (Lipinski definition) is 1. The molecule has 184 valence electrons. The normalized spacial score (nSPS) is 11.4. The summed E-state index contributed by atoms with van der Waals surface area (Å²) in [6.45, 7) is 5.94. The maximum Gasteiger partial charge on any atom is 0.407 e. The number of nitrogens with zero attached hydrogens (tertiary/aromatic N) is 1. The van der Waals surface area contributed by atoms with E-state index < -0.39 is 6.09 Å². The first kappa shape index (κ1) is 30.0. The third-order valence-corrected chi connectivity index (χ3v) is 6.24. The number of amides is 1. The van der Waals surface area contributed by atoms with E-state index in [1.807, 2.05) is 0 Å². The van der Waals surface area contributed by atoms with Crippen LogP contribution in [0.15, 0.2) is 12.2 Å². The first-order chi connectivity index (χ1) is 15.2. The smallest absolute Gasteiger partial charge is 0.407 e. The molecule has 0 saturated heterocycles. The minimum atomic E-state index is -0.737. The van der Waals surface area contributed by atoms with Crippen molar-refractivity contribution >= 4 is 6.09 Å². The predicted octanol–water partition coefficient (Wildman–Crippen LogP) is 9.75. The van der Waals surface area contributed by atoms with Crippen molar-refractivity contribution < 1.29 is 9.90 Å². The van der Waals surface area contributed by atoms with Crippen molar-refractivity contribution in [3.63, 3.8) is 0 Å². The Hall–Kier alpha value is -0.990. The molecule has 0 heterocycles. The molecule has 0 aromatic carbocycles. The summed E-state index contributed by atoms with van der Waals surface area (Å²) in [6.07, 6.45) is 30.8. The topological polar surface area (TPSA) is 40.5 Å². The van der Waals surface area contributed by atoms with Gasteiger partial charge in [0.2, 0.25) is 0 Å². The molecule has 3 nitrogen and oxygen atoms in total. The van der Waals surface area contributed by atoms with Gasteiger partial charge in [0.05, 0.1) is 0 Å². The molecule has 0 aliphatic heterocycles. The maximum atomic E-state index is 11.4. The predicted molar refractivity (Wildman–Crippen MR) is 137 cm³/mol. The zero-order valence-corrected chi connectivity index (χ0v) is 21.2. The van der Waals surface area contributed by atoms with E-state index in [0.29, 0.717) is 13.1 Å². The summed E-state index contributed by atoms with van der Waals surface area (Å²) in [7, 11) is 0. The first-order valence-corrected chi connectivity index (χ1v) is 13.8. The van der Waals surface area contributed by atoms with Crippen molar-refractivity contribution in [2.24, 2.45) is 0 Å². The molecule has 3 heteroatoms. The summed E-state index contributed by atoms with van der Waals surface area (Å²) in [6, 6.07) is 0. The number of hydrogen-bond donors (Lipinski definition) is 1. The molecule has 0 spiro atoms. The van der Waals surface area contributed by atoms with Crippen LogP contribution in [0.1, 0.15) is 149 Å². The zero-order valence-electron chi connectivity index (χ0n) is 21.2. The number of unbranched alkanes of at least 4 members (excludes halogenated alkanes) is 18. The van der Waals surface area contributed by atoms with Crippen LogP contribution in [-0.2, 0) is 0 Å². The lowest BCUT2D eigenvalue weighted by molar-refractivity contribution is 0.143. The molecule has 1 amide bonds. The standard InChI is InChI=1S/C28H55NO2/c1-3-5-7-9-11-12-13-14-15-16-17-18-19-21-23-25-27-29(28(30)31)26-24-22-20-10-8-6-4-2/h14-15H,3-13,16-27H2,1-2H3,(H,30,31). The van der Waals surface area contributed by atoms with Gasteiger partial charge in [0.15, 0.2) is 0 Å². The van der Waals surface area contributed by atoms with Crippen LogP contribution in [0.3, 0.4) is 0 Å². The second-order valence-electron chi connectivity index (χ2n) is 9.33. The van der Waals surface area contributed by atoms with Crippen LogP contribution in [0.4, 0.5) is 4.79 Å². The van der Waals surface area contributed by atoms with E-state index in [4.69, 9.17) is 0 Å². The lowest BCUT2D eigenvalue weighted by Gasteiger charge is -2.19. The van der Waals surface area contributed by atoms with E-state index in [1.165, 1.54) is 116 Å². The summed E-state index contributed by atoms with van der Waals surface area (Å²) < 4.78 is 0. The van der Waals surface area contributed by atoms with Crippen molar-refractivity contribution in [3.8, 4) is 0 Å². The van der Waals surface area contributed by atoms with Gasteiger partial charge in [-0.05, 0) is 38.5 Å². The van der Waals surface area contributed by atoms with Gasteiger partial charge in [0.25, 0.3) is 0 Å². The molecule has 0 saturated carbocycles. The highest BCUT2D eigenvalue weighted by Crippen LogP contribution is 2.11. The van der Waals surface area contributed by atoms with E-state index >= 15 is 0 Å². The monoisotopic (exact) mass is 437 g/mol. The minimum Gasteiger partial charge on any atom is -0.465 e. The SMILES string of the molecule is CCCCCCCCC=CCCCCCCCCN(CCCCCCCCC)C(=O)O. The average Bonchev–Trinajstić information content (AvgIpc) is 2.76. The van der Waals surface area contributed by atoms with E-state index in [0.717, 1.165) is 19.3 Å². The molecular formula is C28H55NO2. The minimum absolute atomic E-state index is 0.715. The summed E-state index contributed by atoms with van der Waals surface area (Å²) in [4.78, 5) is 13.1. The van der Waals surface area contributed by atoms with Crippen molar-refractivity contribution in [2.45, 2.75) is 149 Å². The number of carbonyl (C=O) groups is 1. The Kier molecular flexibility index (Phi) is 24.5. The highest BCUT2D eigenvalue weighted by molar-refractivity contribution is 5.64. The molecule has 0 aliphatic rings. The van der Waals surface area contributed by atoms with Gasteiger partial charge >= 0.3 is 6.09 Å². The molecule has 0 aromatic heterocycles. The van der Waals surface area contributed by atoms with Crippen LogP contribution in [-0.4, -0.2) is 29.2 Å². The summed E-state index contributed by atoms with van der Waals surface area (Å²) >= 11 is 0. The molecular weight excluding hydrogens is 382 g/mol. The van der Waals surface area contributed by atoms with Gasteiger partial charge in [-0.2, -0.15) is 0 Å². The van der Waals surface area contributed by atoms with Crippen molar-refractivity contribution in [2.75, 3.05) is 13.1 Å². The third kappa shape index (κ3) is 23.5. The lowest BCUT2D eigenvalue weighted by atomic mass is 10.1. The second kappa shape index (κ2) is 25.3. The Balaban J connectivity index is 3.44. The largest absolute Gasteiger partial charge is 0.465 e. The maximum absolute atomic E-state index is 11.4. The van der Waals surface area contributed by atoms with Crippen LogP contribution >= 0.6 is 0 Å². The van der Waals surface area contributed by atoms with Gasteiger partial charge in [-0.3, -0.25) is 0 Å². The van der Waals surface area contributed by atoms with Crippen LogP contribution in [0, 0.1) is 0 Å². The molecule has 0 bridgehead atoms. The molecule has 31 heavy (non-hydrogen) atoms. The number of carboxylic acid groups (broad SMARTS) is 1. The Morgan fingerprint density at radius 3 is 1.23 bits per heavy atom. The Morgan fingerprint density at radius 1 is 0.548 bits per heavy atom. The highest BCUT2D eigenvalue weighted by Gasteiger charge is 2.10. The molecule has 0 aromatic rings. The fraction of sp³-hybridized carbons (Fsp3) is 0.893. The molecule has 0 aliphatic carbocycles. The van der Waals surface area contributed by atoms with E-state index in [2.05, 4.69) is 26.0 Å². The summed E-state index contributed by atoms with van der Waals surface area (Å²) in [5, 5.41) is 9.39. The molecule has 0 radical (unpaired) electrons. The Morgan fingerprint density at radius 2 is 0.871 bits per heavy atom. The highest BCUT2D eigenvalue weighted by atomic mass is 16.4. The second-order valence-corrected chi connectivity index (χ2v) is 9.33. The van der Waals surface area contributed by atoms with Crippen molar-refractivity contribution in [3.05, 3.63) is 12.2 Å². The lowest BCUT2D eigenvalue weighted by Crippen LogP contribution is -2.31. The Labute approximate surface area is 195 Å². The molecule has 0 atom stereocenters. The molecule has 0 fully saturated rings. The van der Waals surface area contributed by atoms with Crippen molar-refractivity contribution in [1.29, 1.82) is 0 Å². The fourth-order valence-corrected chi connectivity index (χ4v) is 4.11. The van der Waals surface area contributed by atoms with Gasteiger partial charge in [0.1, 0.15) is 0 Å². The summed E-state index contributed by atoms with van der Waals surface area (Å²) in [5.74, 6) is 0. The average molecular weight is 438 g/mol. The molecule has 0 unspecified atom stereocenters. The van der Waals surface area contributed by atoms with E-state index in [9.17, 15) is 9.90 Å².